The van der Waals surface area contributed by atoms with E-state index < -0.39 is 0 Å². The first-order chi connectivity index (χ1) is 5.72. The number of hydrogen-bond acceptors (Lipinski definition) is 1. The predicted octanol–water partition coefficient (Wildman–Crippen LogP) is 3.28. The van der Waals surface area contributed by atoms with Gasteiger partial charge >= 0.3 is 0 Å². The summed E-state index contributed by atoms with van der Waals surface area (Å²) in [5.74, 6) is 0.756. The van der Waals surface area contributed by atoms with E-state index in [0.29, 0.717) is 6.10 Å². The Morgan fingerprint density at radius 1 is 1.58 bits per heavy atom. The summed E-state index contributed by atoms with van der Waals surface area (Å²) in [6.45, 7) is 6.54. The van der Waals surface area contributed by atoms with Crippen molar-refractivity contribution in [2.75, 3.05) is 0 Å². The molecule has 1 rings (SSSR count). The third kappa shape index (κ3) is 2.72. The van der Waals surface area contributed by atoms with E-state index in [2.05, 4.69) is 32.9 Å². The lowest BCUT2D eigenvalue weighted by Gasteiger charge is -2.19. The predicted molar refractivity (Wildman–Crippen MR) is 51.8 cm³/mol. The molecule has 1 nitrogen and oxygen atoms in total. The summed E-state index contributed by atoms with van der Waals surface area (Å²) in [6, 6.07) is 0. The van der Waals surface area contributed by atoms with E-state index in [-0.39, 0.29) is 0 Å². The molecule has 0 fully saturated rings. The van der Waals surface area contributed by atoms with Crippen LogP contribution in [-0.4, -0.2) is 6.10 Å². The zero-order valence-electron chi connectivity index (χ0n) is 8.21. The van der Waals surface area contributed by atoms with Crippen LogP contribution in [-0.2, 0) is 4.74 Å². The van der Waals surface area contributed by atoms with Crippen LogP contribution in [0.15, 0.2) is 24.0 Å². The molecule has 0 saturated heterocycles. The van der Waals surface area contributed by atoms with Crippen molar-refractivity contribution < 1.29 is 4.74 Å². The highest BCUT2D eigenvalue weighted by molar-refractivity contribution is 5.18. The molecule has 1 aliphatic heterocycles. The third-order valence-electron chi connectivity index (χ3n) is 2.33. The molecule has 0 aromatic carbocycles. The first-order valence-corrected chi connectivity index (χ1v) is 4.72. The van der Waals surface area contributed by atoms with E-state index in [1.807, 2.05) is 6.26 Å². The minimum absolute atomic E-state index is 0.309. The molecule has 2 atom stereocenters. The summed E-state index contributed by atoms with van der Waals surface area (Å²) < 4.78 is 5.51. The van der Waals surface area contributed by atoms with E-state index in [1.165, 1.54) is 12.0 Å². The average Bonchev–Trinajstić information content (AvgIpc) is 2.09. The van der Waals surface area contributed by atoms with Crippen LogP contribution in [0.5, 0.6) is 0 Å². The highest BCUT2D eigenvalue weighted by Gasteiger charge is 2.11. The second-order valence-electron chi connectivity index (χ2n) is 3.64. The van der Waals surface area contributed by atoms with Crippen molar-refractivity contribution in [3.05, 3.63) is 24.0 Å². The maximum atomic E-state index is 5.51. The standard InChI is InChI=1S/C11H18O/c1-4-9(2)7-11-6-5-10(3)8-12-11/h5-6,8-9,11H,4,7H2,1-3H3. The van der Waals surface area contributed by atoms with Crippen molar-refractivity contribution in [3.8, 4) is 0 Å². The fourth-order valence-electron chi connectivity index (χ4n) is 1.24. The summed E-state index contributed by atoms with van der Waals surface area (Å²) in [4.78, 5) is 0. The van der Waals surface area contributed by atoms with Crippen molar-refractivity contribution in [3.63, 3.8) is 0 Å². The number of hydrogen-bond donors (Lipinski definition) is 0. The molecular formula is C11H18O. The van der Waals surface area contributed by atoms with E-state index in [1.54, 1.807) is 0 Å². The van der Waals surface area contributed by atoms with Crippen LogP contribution in [0.1, 0.15) is 33.6 Å². The Morgan fingerprint density at radius 3 is 2.83 bits per heavy atom. The first-order valence-electron chi connectivity index (χ1n) is 4.72. The van der Waals surface area contributed by atoms with Gasteiger partial charge in [-0.3, -0.25) is 0 Å². The molecule has 0 saturated carbocycles. The Labute approximate surface area is 75.1 Å². The number of ether oxygens (including phenoxy) is 1. The second-order valence-corrected chi connectivity index (χ2v) is 3.64. The van der Waals surface area contributed by atoms with Gasteiger partial charge in [0.05, 0.1) is 6.26 Å². The first kappa shape index (κ1) is 9.37. The third-order valence-corrected chi connectivity index (χ3v) is 2.33. The normalized spacial score (nSPS) is 24.6. The smallest absolute Gasteiger partial charge is 0.117 e. The summed E-state index contributed by atoms with van der Waals surface area (Å²) in [5.41, 5.74) is 1.20. The van der Waals surface area contributed by atoms with E-state index in [0.717, 1.165) is 12.3 Å². The van der Waals surface area contributed by atoms with Gasteiger partial charge in [-0.2, -0.15) is 0 Å². The lowest BCUT2D eigenvalue weighted by molar-refractivity contribution is 0.154. The molecule has 0 N–H and O–H groups in total. The summed E-state index contributed by atoms with van der Waals surface area (Å²) in [5, 5.41) is 0. The van der Waals surface area contributed by atoms with Crippen molar-refractivity contribution >= 4 is 0 Å². The van der Waals surface area contributed by atoms with Crippen LogP contribution in [0, 0.1) is 5.92 Å². The lowest BCUT2D eigenvalue weighted by atomic mass is 10.00. The molecule has 0 spiro atoms. The number of allylic oxidation sites excluding steroid dienone is 2. The molecule has 12 heavy (non-hydrogen) atoms. The van der Waals surface area contributed by atoms with Crippen molar-refractivity contribution in [1.82, 2.24) is 0 Å². The highest BCUT2D eigenvalue weighted by atomic mass is 16.5. The summed E-state index contributed by atoms with van der Waals surface area (Å²) >= 11 is 0. The van der Waals surface area contributed by atoms with Gasteiger partial charge in [0.15, 0.2) is 0 Å². The van der Waals surface area contributed by atoms with Crippen molar-refractivity contribution in [2.45, 2.75) is 39.7 Å². The van der Waals surface area contributed by atoms with Gasteiger partial charge < -0.3 is 4.74 Å². The second kappa shape index (κ2) is 4.34. The van der Waals surface area contributed by atoms with E-state index in [4.69, 9.17) is 4.74 Å². The molecule has 1 aliphatic rings. The molecule has 0 radical (unpaired) electrons. The van der Waals surface area contributed by atoms with Crippen LogP contribution < -0.4 is 0 Å². The van der Waals surface area contributed by atoms with Gasteiger partial charge in [-0.25, -0.2) is 0 Å². The van der Waals surface area contributed by atoms with Gasteiger partial charge in [0.25, 0.3) is 0 Å². The Morgan fingerprint density at radius 2 is 2.33 bits per heavy atom. The molecule has 0 aromatic heterocycles. The van der Waals surface area contributed by atoms with Crippen LogP contribution in [0.4, 0.5) is 0 Å². The van der Waals surface area contributed by atoms with Gasteiger partial charge in [-0.1, -0.05) is 26.3 Å². The molecule has 0 aromatic rings. The molecule has 68 valence electrons. The van der Waals surface area contributed by atoms with Gasteiger partial charge in [-0.05, 0) is 30.9 Å². The SMILES string of the molecule is CCC(C)CC1C=CC(C)=CO1. The average molecular weight is 166 g/mol. The van der Waals surface area contributed by atoms with Gasteiger partial charge in [-0.15, -0.1) is 0 Å². The van der Waals surface area contributed by atoms with Gasteiger partial charge in [0, 0.05) is 0 Å². The van der Waals surface area contributed by atoms with E-state index >= 15 is 0 Å². The van der Waals surface area contributed by atoms with Crippen molar-refractivity contribution in [2.24, 2.45) is 5.92 Å². The van der Waals surface area contributed by atoms with Crippen LogP contribution >= 0.6 is 0 Å². The van der Waals surface area contributed by atoms with Crippen LogP contribution in [0.3, 0.4) is 0 Å². The Hall–Kier alpha value is -0.720. The minimum Gasteiger partial charge on any atom is -0.494 e. The lowest BCUT2D eigenvalue weighted by Crippen LogP contribution is -2.13. The van der Waals surface area contributed by atoms with Crippen LogP contribution in [0.25, 0.3) is 0 Å². The largest absolute Gasteiger partial charge is 0.494 e. The minimum atomic E-state index is 0.309. The molecule has 1 heteroatoms. The molecule has 1 heterocycles. The quantitative estimate of drug-likeness (QED) is 0.625. The number of rotatable bonds is 3. The molecule has 2 unspecified atom stereocenters. The maximum absolute atomic E-state index is 5.51. The Bertz CT molecular complexity index is 191. The summed E-state index contributed by atoms with van der Waals surface area (Å²) in [7, 11) is 0. The molecule has 0 amide bonds. The fraction of sp³-hybridized carbons (Fsp3) is 0.636. The Kier molecular flexibility index (Phi) is 3.39. The summed E-state index contributed by atoms with van der Waals surface area (Å²) in [6.07, 6.45) is 8.82. The fourth-order valence-corrected chi connectivity index (χ4v) is 1.24. The van der Waals surface area contributed by atoms with Crippen LogP contribution in [0.2, 0.25) is 0 Å². The topological polar surface area (TPSA) is 9.23 Å². The highest BCUT2D eigenvalue weighted by Crippen LogP contribution is 2.17. The Balaban J connectivity index is 2.33. The molecular weight excluding hydrogens is 148 g/mol. The molecule has 0 aliphatic carbocycles. The van der Waals surface area contributed by atoms with Crippen molar-refractivity contribution in [1.29, 1.82) is 0 Å². The van der Waals surface area contributed by atoms with Gasteiger partial charge in [0.1, 0.15) is 6.10 Å². The zero-order valence-corrected chi connectivity index (χ0v) is 8.21. The molecule has 0 bridgehead atoms. The maximum Gasteiger partial charge on any atom is 0.117 e. The van der Waals surface area contributed by atoms with Gasteiger partial charge in [0.2, 0.25) is 0 Å². The monoisotopic (exact) mass is 166 g/mol. The van der Waals surface area contributed by atoms with E-state index in [9.17, 15) is 0 Å². The zero-order chi connectivity index (χ0) is 8.97.